The zero-order chi connectivity index (χ0) is 13.1. The first kappa shape index (κ1) is 13.8. The molecular weight excluding hydrogens is 220 g/mol. The Labute approximate surface area is 102 Å². The number of alkyl carbamates (subject to hydrolysis) is 1. The molecule has 0 spiro atoms. The van der Waals surface area contributed by atoms with Crippen LogP contribution in [0, 0.1) is 5.92 Å². The van der Waals surface area contributed by atoms with Crippen LogP contribution in [0.15, 0.2) is 0 Å². The van der Waals surface area contributed by atoms with E-state index in [1.54, 1.807) is 27.8 Å². The van der Waals surface area contributed by atoms with Gasteiger partial charge >= 0.3 is 6.09 Å². The van der Waals surface area contributed by atoms with Gasteiger partial charge in [-0.3, -0.25) is 4.79 Å². The van der Waals surface area contributed by atoms with E-state index < -0.39 is 17.7 Å². The van der Waals surface area contributed by atoms with E-state index in [4.69, 9.17) is 4.74 Å². The minimum atomic E-state index is -0.545. The second kappa shape index (κ2) is 5.38. The van der Waals surface area contributed by atoms with E-state index in [2.05, 4.69) is 10.6 Å². The number of hydrogen-bond donors (Lipinski definition) is 2. The predicted molar refractivity (Wildman–Crippen MR) is 64.6 cm³/mol. The van der Waals surface area contributed by atoms with Crippen molar-refractivity contribution in [1.29, 1.82) is 0 Å². The molecule has 5 nitrogen and oxygen atoms in total. The van der Waals surface area contributed by atoms with Crippen molar-refractivity contribution in [2.45, 2.75) is 51.7 Å². The second-order valence-corrected chi connectivity index (χ2v) is 5.49. The van der Waals surface area contributed by atoms with Gasteiger partial charge in [0.15, 0.2) is 0 Å². The molecular formula is C12H22N2O3. The fourth-order valence-corrected chi connectivity index (χ4v) is 1.54. The van der Waals surface area contributed by atoms with E-state index >= 15 is 0 Å². The van der Waals surface area contributed by atoms with Gasteiger partial charge in [-0.15, -0.1) is 0 Å². The quantitative estimate of drug-likeness (QED) is 0.783. The van der Waals surface area contributed by atoms with Crippen LogP contribution in [0.5, 0.6) is 0 Å². The standard InChI is InChI=1S/C12H22N2O3/c1-12(2,3)17-11(16)14-9(10(15)13-4)7-8-5-6-8/h8-9H,5-7H2,1-4H3,(H,13,15)(H,14,16)/t9-/m0/s1. The number of likely N-dealkylation sites (N-methyl/N-ethyl adjacent to an activating group) is 1. The summed E-state index contributed by atoms with van der Waals surface area (Å²) in [5, 5.41) is 5.18. The molecule has 0 aromatic carbocycles. The van der Waals surface area contributed by atoms with E-state index in [9.17, 15) is 9.59 Å². The van der Waals surface area contributed by atoms with Crippen LogP contribution >= 0.6 is 0 Å². The van der Waals surface area contributed by atoms with Crippen LogP contribution in [0.1, 0.15) is 40.0 Å². The maximum atomic E-state index is 11.6. The van der Waals surface area contributed by atoms with Crippen molar-refractivity contribution in [3.05, 3.63) is 0 Å². The lowest BCUT2D eigenvalue weighted by molar-refractivity contribution is -0.123. The van der Waals surface area contributed by atoms with Crippen molar-refractivity contribution < 1.29 is 14.3 Å². The zero-order valence-corrected chi connectivity index (χ0v) is 11.0. The molecule has 98 valence electrons. The number of amides is 2. The molecule has 2 N–H and O–H groups in total. The Morgan fingerprint density at radius 2 is 1.94 bits per heavy atom. The first-order valence-electron chi connectivity index (χ1n) is 6.03. The van der Waals surface area contributed by atoms with E-state index in [0.717, 1.165) is 12.8 Å². The molecule has 1 atom stereocenters. The number of nitrogens with one attached hydrogen (secondary N) is 2. The second-order valence-electron chi connectivity index (χ2n) is 5.49. The molecule has 0 bridgehead atoms. The van der Waals surface area contributed by atoms with Crippen LogP contribution in [0.2, 0.25) is 0 Å². The van der Waals surface area contributed by atoms with Gasteiger partial charge in [-0.1, -0.05) is 12.8 Å². The Hall–Kier alpha value is -1.26. The SMILES string of the molecule is CNC(=O)[C@H](CC1CC1)NC(=O)OC(C)(C)C. The molecule has 1 fully saturated rings. The summed E-state index contributed by atoms with van der Waals surface area (Å²) < 4.78 is 5.13. The lowest BCUT2D eigenvalue weighted by Crippen LogP contribution is -2.47. The van der Waals surface area contributed by atoms with Crippen LogP contribution in [0.4, 0.5) is 4.79 Å². The minimum Gasteiger partial charge on any atom is -0.444 e. The summed E-state index contributed by atoms with van der Waals surface area (Å²) >= 11 is 0. The van der Waals surface area contributed by atoms with Crippen molar-refractivity contribution in [3.8, 4) is 0 Å². The van der Waals surface area contributed by atoms with Gasteiger partial charge in [0.05, 0.1) is 0 Å². The van der Waals surface area contributed by atoms with Crippen LogP contribution in [-0.4, -0.2) is 30.7 Å². The van der Waals surface area contributed by atoms with Crippen LogP contribution in [-0.2, 0) is 9.53 Å². The van der Waals surface area contributed by atoms with Crippen molar-refractivity contribution in [2.75, 3.05) is 7.05 Å². The van der Waals surface area contributed by atoms with Gasteiger partial charge in [0, 0.05) is 7.05 Å². The number of rotatable bonds is 4. The Morgan fingerprint density at radius 3 is 2.35 bits per heavy atom. The number of ether oxygens (including phenoxy) is 1. The molecule has 5 heteroatoms. The monoisotopic (exact) mass is 242 g/mol. The summed E-state index contributed by atoms with van der Waals surface area (Å²) in [6, 6.07) is -0.484. The lowest BCUT2D eigenvalue weighted by Gasteiger charge is -2.22. The molecule has 17 heavy (non-hydrogen) atoms. The topological polar surface area (TPSA) is 67.4 Å². The first-order chi connectivity index (χ1) is 7.81. The van der Waals surface area contributed by atoms with E-state index in [0.29, 0.717) is 12.3 Å². The van der Waals surface area contributed by atoms with Crippen molar-refractivity contribution >= 4 is 12.0 Å². The van der Waals surface area contributed by atoms with Crippen molar-refractivity contribution in [1.82, 2.24) is 10.6 Å². The highest BCUT2D eigenvalue weighted by Gasteiger charge is 2.31. The lowest BCUT2D eigenvalue weighted by atomic mass is 10.1. The smallest absolute Gasteiger partial charge is 0.408 e. The number of carbonyl (C=O) groups excluding carboxylic acids is 2. The fraction of sp³-hybridized carbons (Fsp3) is 0.833. The number of carbonyl (C=O) groups is 2. The van der Waals surface area contributed by atoms with Gasteiger partial charge in [0.25, 0.3) is 0 Å². The molecule has 1 saturated carbocycles. The first-order valence-corrected chi connectivity index (χ1v) is 6.03. The third kappa shape index (κ3) is 5.56. The van der Waals surface area contributed by atoms with Crippen LogP contribution in [0.3, 0.4) is 0 Å². The fourth-order valence-electron chi connectivity index (χ4n) is 1.54. The van der Waals surface area contributed by atoms with Gasteiger partial charge in [0.1, 0.15) is 11.6 Å². The molecule has 1 aliphatic rings. The Balaban J connectivity index is 2.46. The van der Waals surface area contributed by atoms with E-state index in [1.807, 2.05) is 0 Å². The Morgan fingerprint density at radius 1 is 1.35 bits per heavy atom. The highest BCUT2D eigenvalue weighted by atomic mass is 16.6. The van der Waals surface area contributed by atoms with Crippen molar-refractivity contribution in [3.63, 3.8) is 0 Å². The molecule has 0 aromatic rings. The summed E-state index contributed by atoms with van der Waals surface area (Å²) in [5.74, 6) is 0.398. The summed E-state index contributed by atoms with van der Waals surface area (Å²) in [4.78, 5) is 23.2. The molecule has 0 saturated heterocycles. The molecule has 1 aliphatic carbocycles. The molecule has 1 rings (SSSR count). The van der Waals surface area contributed by atoms with Gasteiger partial charge in [-0.2, -0.15) is 0 Å². The third-order valence-corrected chi connectivity index (χ3v) is 2.52. The van der Waals surface area contributed by atoms with Gasteiger partial charge in [-0.25, -0.2) is 4.79 Å². The minimum absolute atomic E-state index is 0.164. The van der Waals surface area contributed by atoms with Gasteiger partial charge in [-0.05, 0) is 33.1 Å². The Bertz CT molecular complexity index is 293. The summed E-state index contributed by atoms with van der Waals surface area (Å²) in [6.07, 6.45) is 2.44. The molecule has 0 aliphatic heterocycles. The van der Waals surface area contributed by atoms with Gasteiger partial charge in [0.2, 0.25) is 5.91 Å². The predicted octanol–water partition coefficient (Wildman–Crippen LogP) is 1.43. The average molecular weight is 242 g/mol. The molecule has 0 heterocycles. The highest BCUT2D eigenvalue weighted by Crippen LogP contribution is 2.33. The highest BCUT2D eigenvalue weighted by molar-refractivity contribution is 5.85. The van der Waals surface area contributed by atoms with Crippen LogP contribution < -0.4 is 10.6 Å². The average Bonchev–Trinajstić information content (AvgIpc) is 2.96. The maximum absolute atomic E-state index is 11.6. The Kier molecular flexibility index (Phi) is 4.37. The molecule has 2 amide bonds. The van der Waals surface area contributed by atoms with Gasteiger partial charge < -0.3 is 15.4 Å². The zero-order valence-electron chi connectivity index (χ0n) is 11.0. The number of hydrogen-bond acceptors (Lipinski definition) is 3. The van der Waals surface area contributed by atoms with Crippen LogP contribution in [0.25, 0.3) is 0 Å². The van der Waals surface area contributed by atoms with E-state index in [1.165, 1.54) is 0 Å². The molecule has 0 aromatic heterocycles. The molecule has 0 radical (unpaired) electrons. The third-order valence-electron chi connectivity index (χ3n) is 2.52. The largest absolute Gasteiger partial charge is 0.444 e. The normalized spacial score (nSPS) is 17.2. The summed E-state index contributed by atoms with van der Waals surface area (Å²) in [5.41, 5.74) is -0.545. The van der Waals surface area contributed by atoms with Crippen molar-refractivity contribution in [2.24, 2.45) is 5.92 Å². The summed E-state index contributed by atoms with van der Waals surface area (Å²) in [7, 11) is 1.57. The van der Waals surface area contributed by atoms with E-state index in [-0.39, 0.29) is 5.91 Å². The molecule has 0 unspecified atom stereocenters. The maximum Gasteiger partial charge on any atom is 0.408 e. The summed E-state index contributed by atoms with van der Waals surface area (Å²) in [6.45, 7) is 5.38.